The van der Waals surface area contributed by atoms with Crippen LogP contribution in [0.25, 0.3) is 0 Å². The van der Waals surface area contributed by atoms with Gasteiger partial charge in [0.05, 0.1) is 25.4 Å². The highest BCUT2D eigenvalue weighted by Crippen LogP contribution is 2.23. The second kappa shape index (κ2) is 39.5. The fourth-order valence-electron chi connectivity index (χ4n) is 7.83. The highest BCUT2D eigenvalue weighted by molar-refractivity contribution is 5.80. The van der Waals surface area contributed by atoms with E-state index >= 15 is 0 Å². The molecule has 0 aliphatic carbocycles. The van der Waals surface area contributed by atoms with Gasteiger partial charge >= 0.3 is 0 Å². The van der Waals surface area contributed by atoms with Crippen molar-refractivity contribution in [2.45, 2.75) is 268 Å². The lowest BCUT2D eigenvalue weighted by atomic mass is 9.99. The first kappa shape index (κ1) is 55.6. The molecule has 1 aliphatic rings. The smallest absolute Gasteiger partial charge is 0.249 e. The van der Waals surface area contributed by atoms with Crippen LogP contribution in [0.1, 0.15) is 219 Å². The van der Waals surface area contributed by atoms with Gasteiger partial charge in [-0.15, -0.1) is 0 Å². The molecule has 1 aliphatic heterocycles. The summed E-state index contributed by atoms with van der Waals surface area (Å²) in [7, 11) is 0. The van der Waals surface area contributed by atoms with Crippen molar-refractivity contribution in [1.82, 2.24) is 5.32 Å². The molecule has 1 rings (SSSR count). The third-order valence-corrected chi connectivity index (χ3v) is 11.9. The lowest BCUT2D eigenvalue weighted by Gasteiger charge is -2.40. The first-order chi connectivity index (χ1) is 28.8. The molecule has 0 aromatic carbocycles. The Hall–Kier alpha value is -1.37. The minimum Gasteiger partial charge on any atom is -0.394 e. The van der Waals surface area contributed by atoms with Crippen molar-refractivity contribution in [1.29, 1.82) is 0 Å². The van der Waals surface area contributed by atoms with Crippen LogP contribution in [-0.2, 0) is 14.3 Å². The van der Waals surface area contributed by atoms with Crippen LogP contribution in [0.2, 0.25) is 0 Å². The predicted molar refractivity (Wildman–Crippen MR) is 241 cm³/mol. The van der Waals surface area contributed by atoms with Gasteiger partial charge in [0.2, 0.25) is 5.91 Å². The molecule has 8 unspecified atom stereocenters. The van der Waals surface area contributed by atoms with Crippen LogP contribution in [0.15, 0.2) is 24.3 Å². The zero-order valence-corrected chi connectivity index (χ0v) is 37.9. The SMILES string of the molecule is CCCCCCCC/C=C/CC/C=C/C(O)C(COC1OC(CO)C(O)C(O)C1O)NC(=O)C(O)CCCCCCCCCCCCCCCCCCCCCCCC. The summed E-state index contributed by atoms with van der Waals surface area (Å²) in [4.78, 5) is 13.0. The highest BCUT2D eigenvalue weighted by Gasteiger charge is 2.44. The molecule has 10 nitrogen and oxygen atoms in total. The number of ether oxygens (including phenoxy) is 2. The highest BCUT2D eigenvalue weighted by atomic mass is 16.7. The van der Waals surface area contributed by atoms with Gasteiger partial charge in [-0.3, -0.25) is 4.79 Å². The average molecular weight is 840 g/mol. The molecule has 10 heteroatoms. The molecule has 348 valence electrons. The van der Waals surface area contributed by atoms with Crippen molar-refractivity contribution >= 4 is 5.91 Å². The van der Waals surface area contributed by atoms with E-state index in [1.165, 1.54) is 154 Å². The number of aliphatic hydroxyl groups excluding tert-OH is 6. The number of rotatable bonds is 41. The zero-order chi connectivity index (χ0) is 43.2. The fraction of sp³-hybridized carbons (Fsp3) is 0.898. The molecule has 59 heavy (non-hydrogen) atoms. The van der Waals surface area contributed by atoms with E-state index in [-0.39, 0.29) is 6.61 Å². The maximum atomic E-state index is 13.0. The Morgan fingerprint density at radius 1 is 0.576 bits per heavy atom. The van der Waals surface area contributed by atoms with Gasteiger partial charge in [-0.2, -0.15) is 0 Å². The van der Waals surface area contributed by atoms with E-state index in [1.54, 1.807) is 6.08 Å². The van der Waals surface area contributed by atoms with Gasteiger partial charge in [-0.05, 0) is 32.1 Å². The number of carbonyl (C=O) groups excluding carboxylic acids is 1. The Morgan fingerprint density at radius 2 is 1.00 bits per heavy atom. The molecule has 0 spiro atoms. The van der Waals surface area contributed by atoms with Crippen LogP contribution < -0.4 is 5.32 Å². The molecule has 0 bridgehead atoms. The summed E-state index contributed by atoms with van der Waals surface area (Å²) in [6, 6.07) is -0.992. The number of unbranched alkanes of at least 4 members (excludes halogenated alkanes) is 28. The first-order valence-electron chi connectivity index (χ1n) is 24.7. The molecule has 0 radical (unpaired) electrons. The second-order valence-electron chi connectivity index (χ2n) is 17.4. The number of amides is 1. The third-order valence-electron chi connectivity index (χ3n) is 11.9. The van der Waals surface area contributed by atoms with E-state index in [0.29, 0.717) is 19.3 Å². The van der Waals surface area contributed by atoms with E-state index < -0.39 is 61.5 Å². The van der Waals surface area contributed by atoms with Crippen molar-refractivity contribution < 1.29 is 44.9 Å². The van der Waals surface area contributed by atoms with E-state index in [2.05, 4.69) is 31.3 Å². The molecule has 8 atom stereocenters. The van der Waals surface area contributed by atoms with Gasteiger partial charge in [0.1, 0.15) is 30.5 Å². The molecule has 0 saturated carbocycles. The Bertz CT molecular complexity index is 995. The van der Waals surface area contributed by atoms with Gasteiger partial charge in [0.15, 0.2) is 6.29 Å². The lowest BCUT2D eigenvalue weighted by Crippen LogP contribution is -2.60. The maximum Gasteiger partial charge on any atom is 0.249 e. The van der Waals surface area contributed by atoms with Crippen LogP contribution >= 0.6 is 0 Å². The fourth-order valence-corrected chi connectivity index (χ4v) is 7.83. The Morgan fingerprint density at radius 3 is 1.47 bits per heavy atom. The molecule has 1 fully saturated rings. The van der Waals surface area contributed by atoms with Crippen LogP contribution in [0.4, 0.5) is 0 Å². The topological polar surface area (TPSA) is 169 Å². The normalized spacial score (nSPS) is 21.4. The summed E-state index contributed by atoms with van der Waals surface area (Å²) in [5.41, 5.74) is 0. The number of aliphatic hydroxyl groups is 6. The standard InChI is InChI=1S/C49H93NO9/c1-3-5-7-9-11-13-15-17-18-19-20-21-22-23-24-25-26-28-30-32-34-36-38-43(53)48(57)50-41(40-58-49-47(56)46(55)45(54)44(39-51)59-49)42(52)37-35-33-31-29-27-16-14-12-10-8-6-4-2/h27,29,35,37,41-47,49,51-56H,3-26,28,30-34,36,38-40H2,1-2H3,(H,50,57)/b29-27+,37-35+. The van der Waals surface area contributed by atoms with Crippen LogP contribution in [-0.4, -0.2) is 98.7 Å². The number of nitrogens with one attached hydrogen (secondary N) is 1. The predicted octanol–water partition coefficient (Wildman–Crippen LogP) is 9.64. The summed E-state index contributed by atoms with van der Waals surface area (Å²) >= 11 is 0. The van der Waals surface area contributed by atoms with Crippen molar-refractivity contribution in [3.63, 3.8) is 0 Å². The molecule has 0 aromatic rings. The maximum absolute atomic E-state index is 13.0. The summed E-state index contributed by atoms with van der Waals surface area (Å²) in [6.45, 7) is 3.58. The van der Waals surface area contributed by atoms with Crippen LogP contribution in [0.3, 0.4) is 0 Å². The van der Waals surface area contributed by atoms with Gasteiger partial charge in [0, 0.05) is 0 Å². The van der Waals surface area contributed by atoms with Crippen LogP contribution in [0.5, 0.6) is 0 Å². The summed E-state index contributed by atoms with van der Waals surface area (Å²) in [6.07, 6.45) is 37.1. The monoisotopic (exact) mass is 840 g/mol. The largest absolute Gasteiger partial charge is 0.394 e. The van der Waals surface area contributed by atoms with Crippen molar-refractivity contribution in [3.05, 3.63) is 24.3 Å². The summed E-state index contributed by atoms with van der Waals surface area (Å²) < 4.78 is 11.1. The zero-order valence-electron chi connectivity index (χ0n) is 37.9. The number of hydrogen-bond acceptors (Lipinski definition) is 9. The van der Waals surface area contributed by atoms with Crippen LogP contribution in [0, 0.1) is 0 Å². The molecular formula is C49H93NO9. The number of hydrogen-bond donors (Lipinski definition) is 7. The minimum absolute atomic E-state index is 0.308. The number of allylic oxidation sites excluding steroid dienone is 3. The third kappa shape index (κ3) is 29.5. The summed E-state index contributed by atoms with van der Waals surface area (Å²) in [5.74, 6) is -0.624. The van der Waals surface area contributed by atoms with E-state index in [4.69, 9.17) is 9.47 Å². The van der Waals surface area contributed by atoms with Gasteiger partial charge < -0.3 is 45.4 Å². The van der Waals surface area contributed by atoms with Crippen molar-refractivity contribution in [3.8, 4) is 0 Å². The molecule has 0 aromatic heterocycles. The Labute approximate surface area is 361 Å². The van der Waals surface area contributed by atoms with Gasteiger partial charge in [0.25, 0.3) is 0 Å². The van der Waals surface area contributed by atoms with E-state index in [1.807, 2.05) is 6.08 Å². The number of carbonyl (C=O) groups is 1. The molecular weight excluding hydrogens is 747 g/mol. The molecule has 1 heterocycles. The molecule has 1 saturated heterocycles. The second-order valence-corrected chi connectivity index (χ2v) is 17.4. The summed E-state index contributed by atoms with van der Waals surface area (Å²) in [5, 5.41) is 64.6. The van der Waals surface area contributed by atoms with E-state index in [9.17, 15) is 35.4 Å². The van der Waals surface area contributed by atoms with E-state index in [0.717, 1.165) is 32.1 Å². The Kier molecular flexibility index (Phi) is 37.2. The average Bonchev–Trinajstić information content (AvgIpc) is 3.23. The Balaban J connectivity index is 2.32. The van der Waals surface area contributed by atoms with Gasteiger partial charge in [-0.25, -0.2) is 0 Å². The van der Waals surface area contributed by atoms with Crippen molar-refractivity contribution in [2.24, 2.45) is 0 Å². The first-order valence-corrected chi connectivity index (χ1v) is 24.7. The quantitative estimate of drug-likeness (QED) is 0.0234. The van der Waals surface area contributed by atoms with Crippen molar-refractivity contribution in [2.75, 3.05) is 13.2 Å². The molecule has 7 N–H and O–H groups in total. The minimum atomic E-state index is -1.61. The molecule has 1 amide bonds. The van der Waals surface area contributed by atoms with Gasteiger partial charge in [-0.1, -0.05) is 212 Å². The lowest BCUT2D eigenvalue weighted by molar-refractivity contribution is -0.302.